The van der Waals surface area contributed by atoms with Gasteiger partial charge in [-0.3, -0.25) is 4.79 Å². The smallest absolute Gasteiger partial charge is 0.291 e. The predicted molar refractivity (Wildman–Crippen MR) is 59.2 cm³/mol. The van der Waals surface area contributed by atoms with Gasteiger partial charge in [0, 0.05) is 20.2 Å². The molecule has 0 fully saturated rings. The Labute approximate surface area is 99.8 Å². The minimum Gasteiger partial charge on any atom is -0.438 e. The number of nitriles is 1. The molecule has 1 rings (SSSR count). The first-order valence-corrected chi connectivity index (χ1v) is 5.26. The molecule has 1 aromatic heterocycles. The molecule has 0 aliphatic heterocycles. The number of nitrogens with zero attached hydrogens (tertiary/aromatic N) is 3. The summed E-state index contributed by atoms with van der Waals surface area (Å²) < 4.78 is 9.97. The third kappa shape index (κ3) is 3.57. The molecule has 0 N–H and O–H groups in total. The number of hydrogen-bond acceptors (Lipinski definition) is 5. The van der Waals surface area contributed by atoms with Gasteiger partial charge in [0.15, 0.2) is 6.39 Å². The molecule has 0 aromatic carbocycles. The molecule has 0 saturated heterocycles. The van der Waals surface area contributed by atoms with Crippen LogP contribution >= 0.6 is 0 Å². The Morgan fingerprint density at radius 1 is 1.65 bits per heavy atom. The maximum Gasteiger partial charge on any atom is 0.291 e. The van der Waals surface area contributed by atoms with E-state index in [1.165, 1.54) is 11.3 Å². The SMILES string of the molecule is COCCN(CCC#N)C(=O)c1ocnc1C. The standard InChI is InChI=1S/C11H15N3O3/c1-9-10(17-8-13-9)11(15)14(5-3-4-12)6-7-16-2/h8H,3,5-7H2,1-2H3. The molecule has 0 unspecified atom stereocenters. The minimum atomic E-state index is -0.257. The first-order chi connectivity index (χ1) is 8.20. The van der Waals surface area contributed by atoms with E-state index >= 15 is 0 Å². The molecule has 0 saturated carbocycles. The van der Waals surface area contributed by atoms with E-state index in [1.807, 2.05) is 6.07 Å². The summed E-state index contributed by atoms with van der Waals surface area (Å²) >= 11 is 0. The Bertz CT molecular complexity index is 408. The molecule has 0 atom stereocenters. The molecule has 6 heteroatoms. The van der Waals surface area contributed by atoms with Gasteiger partial charge in [-0.2, -0.15) is 5.26 Å². The Hall–Kier alpha value is -1.87. The van der Waals surface area contributed by atoms with E-state index in [2.05, 4.69) is 4.98 Å². The summed E-state index contributed by atoms with van der Waals surface area (Å²) in [5, 5.41) is 8.55. The molecule has 0 aliphatic carbocycles. The van der Waals surface area contributed by atoms with Gasteiger partial charge in [-0.1, -0.05) is 0 Å². The van der Waals surface area contributed by atoms with Crippen LogP contribution in [0.15, 0.2) is 10.8 Å². The summed E-state index contributed by atoms with van der Waals surface area (Å²) in [6.45, 7) is 2.91. The van der Waals surface area contributed by atoms with Crippen molar-refractivity contribution in [1.82, 2.24) is 9.88 Å². The molecule has 0 radical (unpaired) electrons. The van der Waals surface area contributed by atoms with Gasteiger partial charge in [-0.05, 0) is 6.92 Å². The number of methoxy groups -OCH3 is 1. The van der Waals surface area contributed by atoms with E-state index in [1.54, 1.807) is 14.0 Å². The molecule has 6 nitrogen and oxygen atoms in total. The average molecular weight is 237 g/mol. The van der Waals surface area contributed by atoms with Crippen LogP contribution in [0.1, 0.15) is 22.7 Å². The molecule has 0 spiro atoms. The molecule has 0 bridgehead atoms. The first kappa shape index (κ1) is 13.2. The van der Waals surface area contributed by atoms with Crippen LogP contribution in [0, 0.1) is 18.3 Å². The van der Waals surface area contributed by atoms with Crippen molar-refractivity contribution in [1.29, 1.82) is 5.26 Å². The number of ether oxygens (including phenoxy) is 1. The second kappa shape index (κ2) is 6.66. The summed E-state index contributed by atoms with van der Waals surface area (Å²) in [6.07, 6.45) is 1.52. The van der Waals surface area contributed by atoms with E-state index in [-0.39, 0.29) is 18.1 Å². The number of aryl methyl sites for hydroxylation is 1. The fourth-order valence-electron chi connectivity index (χ4n) is 1.35. The number of aromatic nitrogens is 1. The van der Waals surface area contributed by atoms with Gasteiger partial charge < -0.3 is 14.1 Å². The third-order valence-corrected chi connectivity index (χ3v) is 2.29. The van der Waals surface area contributed by atoms with Crippen molar-refractivity contribution in [2.75, 3.05) is 26.8 Å². The molecular weight excluding hydrogens is 222 g/mol. The Morgan fingerprint density at radius 2 is 2.41 bits per heavy atom. The Balaban J connectivity index is 2.72. The van der Waals surface area contributed by atoms with Gasteiger partial charge in [0.1, 0.15) is 0 Å². The predicted octanol–water partition coefficient (Wildman–Crippen LogP) is 0.985. The van der Waals surface area contributed by atoms with E-state index in [0.717, 1.165) is 0 Å². The summed E-state index contributed by atoms with van der Waals surface area (Å²) in [7, 11) is 1.56. The molecular formula is C11H15N3O3. The lowest BCUT2D eigenvalue weighted by Gasteiger charge is -2.19. The summed E-state index contributed by atoms with van der Waals surface area (Å²) in [5.74, 6) is -0.0358. The second-order valence-corrected chi connectivity index (χ2v) is 3.46. The highest BCUT2D eigenvalue weighted by Gasteiger charge is 2.20. The molecule has 92 valence electrons. The molecule has 17 heavy (non-hydrogen) atoms. The quantitative estimate of drug-likeness (QED) is 0.737. The number of oxazole rings is 1. The third-order valence-electron chi connectivity index (χ3n) is 2.29. The molecule has 0 aliphatic rings. The van der Waals surface area contributed by atoms with Gasteiger partial charge in [0.2, 0.25) is 5.76 Å². The van der Waals surface area contributed by atoms with Crippen molar-refractivity contribution in [2.24, 2.45) is 0 Å². The maximum atomic E-state index is 12.1. The largest absolute Gasteiger partial charge is 0.438 e. The van der Waals surface area contributed by atoms with E-state index in [9.17, 15) is 4.79 Å². The average Bonchev–Trinajstić information content (AvgIpc) is 2.75. The highest BCUT2D eigenvalue weighted by Crippen LogP contribution is 2.09. The van der Waals surface area contributed by atoms with Crippen LogP contribution in [0.5, 0.6) is 0 Å². The number of carbonyl (C=O) groups is 1. The van der Waals surface area contributed by atoms with Crippen LogP contribution in [0.3, 0.4) is 0 Å². The van der Waals surface area contributed by atoms with Gasteiger partial charge in [0.25, 0.3) is 5.91 Å². The lowest BCUT2D eigenvalue weighted by atomic mass is 10.3. The van der Waals surface area contributed by atoms with Crippen molar-refractivity contribution in [3.05, 3.63) is 17.8 Å². The summed E-state index contributed by atoms with van der Waals surface area (Å²) in [5.41, 5.74) is 0.550. The van der Waals surface area contributed by atoms with Crippen LogP contribution in [0.2, 0.25) is 0 Å². The number of amides is 1. The van der Waals surface area contributed by atoms with E-state index < -0.39 is 0 Å². The fourth-order valence-corrected chi connectivity index (χ4v) is 1.35. The van der Waals surface area contributed by atoms with Crippen molar-refractivity contribution in [3.63, 3.8) is 0 Å². The fraction of sp³-hybridized carbons (Fsp3) is 0.545. The van der Waals surface area contributed by atoms with Crippen molar-refractivity contribution in [3.8, 4) is 6.07 Å². The highest BCUT2D eigenvalue weighted by molar-refractivity contribution is 5.92. The van der Waals surface area contributed by atoms with Crippen LogP contribution in [-0.2, 0) is 4.74 Å². The minimum absolute atomic E-state index is 0.221. The lowest BCUT2D eigenvalue weighted by molar-refractivity contribution is 0.0668. The second-order valence-electron chi connectivity index (χ2n) is 3.46. The summed E-state index contributed by atoms with van der Waals surface area (Å²) in [6, 6.07) is 2.01. The highest BCUT2D eigenvalue weighted by atomic mass is 16.5. The molecule has 1 aromatic rings. The van der Waals surface area contributed by atoms with Gasteiger partial charge in [0.05, 0.1) is 24.8 Å². The van der Waals surface area contributed by atoms with E-state index in [0.29, 0.717) is 25.4 Å². The van der Waals surface area contributed by atoms with Crippen molar-refractivity contribution in [2.45, 2.75) is 13.3 Å². The number of carbonyl (C=O) groups excluding carboxylic acids is 1. The number of hydrogen-bond donors (Lipinski definition) is 0. The Morgan fingerprint density at radius 3 is 2.94 bits per heavy atom. The van der Waals surface area contributed by atoms with Crippen LogP contribution < -0.4 is 0 Å². The topological polar surface area (TPSA) is 79.4 Å². The lowest BCUT2D eigenvalue weighted by Crippen LogP contribution is -2.34. The maximum absolute atomic E-state index is 12.1. The normalized spacial score (nSPS) is 9.94. The first-order valence-electron chi connectivity index (χ1n) is 5.26. The van der Waals surface area contributed by atoms with Crippen LogP contribution in [-0.4, -0.2) is 42.6 Å². The van der Waals surface area contributed by atoms with Crippen LogP contribution in [0.25, 0.3) is 0 Å². The summed E-state index contributed by atoms with van der Waals surface area (Å²) in [4.78, 5) is 17.5. The van der Waals surface area contributed by atoms with Crippen LogP contribution in [0.4, 0.5) is 0 Å². The monoisotopic (exact) mass is 237 g/mol. The Kier molecular flexibility index (Phi) is 5.17. The molecule has 1 heterocycles. The number of rotatable bonds is 6. The zero-order valence-corrected chi connectivity index (χ0v) is 9.97. The molecule has 1 amide bonds. The zero-order chi connectivity index (χ0) is 12.7. The van der Waals surface area contributed by atoms with Gasteiger partial charge in [-0.25, -0.2) is 4.98 Å². The van der Waals surface area contributed by atoms with E-state index in [4.69, 9.17) is 14.4 Å². The van der Waals surface area contributed by atoms with Crippen molar-refractivity contribution >= 4 is 5.91 Å². The van der Waals surface area contributed by atoms with Gasteiger partial charge >= 0.3 is 0 Å². The zero-order valence-electron chi connectivity index (χ0n) is 9.97. The van der Waals surface area contributed by atoms with Crippen molar-refractivity contribution < 1.29 is 13.9 Å². The van der Waals surface area contributed by atoms with Gasteiger partial charge in [-0.15, -0.1) is 0 Å².